The Morgan fingerprint density at radius 2 is 1.80 bits per heavy atom. The van der Waals surface area contributed by atoms with Gasteiger partial charge in [-0.1, -0.05) is 6.08 Å². The van der Waals surface area contributed by atoms with Crippen LogP contribution in [0.4, 0.5) is 13.2 Å². The van der Waals surface area contributed by atoms with E-state index in [0.717, 1.165) is 24.3 Å². The summed E-state index contributed by atoms with van der Waals surface area (Å²) in [7, 11) is 0. The molecule has 0 aromatic heterocycles. The zero-order valence-electron chi connectivity index (χ0n) is 10.3. The van der Waals surface area contributed by atoms with Gasteiger partial charge in [-0.15, -0.1) is 0 Å². The molecule has 2 rings (SSSR count). The summed E-state index contributed by atoms with van der Waals surface area (Å²) in [6, 6.07) is 2.72. The maximum atomic E-state index is 12.9. The molecule has 0 unspecified atom stereocenters. The number of aliphatic hydroxyl groups is 1. The largest absolute Gasteiger partial charge is 0.509 e. The lowest BCUT2D eigenvalue weighted by atomic mass is 9.90. The van der Waals surface area contributed by atoms with Crippen LogP contribution in [-0.2, 0) is 6.18 Å². The first-order valence-electron chi connectivity index (χ1n) is 5.71. The molecule has 0 bridgehead atoms. The Balaban J connectivity index is 2.55. The van der Waals surface area contributed by atoms with Crippen LogP contribution in [-0.4, -0.2) is 15.9 Å². The van der Waals surface area contributed by atoms with Gasteiger partial charge in [0.2, 0.25) is 0 Å². The highest BCUT2D eigenvalue weighted by molar-refractivity contribution is 5.79. The number of hydrogen-bond acceptors (Lipinski definition) is 4. The second kappa shape index (κ2) is 4.53. The summed E-state index contributed by atoms with van der Waals surface area (Å²) in [6.07, 6.45) is -2.12. The lowest BCUT2D eigenvalue weighted by molar-refractivity contribution is -0.137. The fourth-order valence-corrected chi connectivity index (χ4v) is 1.93. The van der Waals surface area contributed by atoms with Gasteiger partial charge in [-0.3, -0.25) is 0 Å². The van der Waals surface area contributed by atoms with Crippen molar-refractivity contribution in [1.29, 1.82) is 0 Å². The molecule has 0 aliphatic heterocycles. The number of aromatic hydroxyl groups is 1. The van der Waals surface area contributed by atoms with Crippen molar-refractivity contribution in [3.8, 4) is 5.75 Å². The minimum Gasteiger partial charge on any atom is -0.509 e. The summed E-state index contributed by atoms with van der Waals surface area (Å²) in [5.41, 5.74) is 8.59. The zero-order valence-corrected chi connectivity index (χ0v) is 10.3. The summed E-state index contributed by atoms with van der Waals surface area (Å²) in [5.74, 6) is -0.717. The molecule has 20 heavy (non-hydrogen) atoms. The minimum absolute atomic E-state index is 0.0163. The SMILES string of the molecule is NC1(N)CC=C(c2cc(O)ccc2C(F)(F)F)C=C1O. The van der Waals surface area contributed by atoms with Gasteiger partial charge in [-0.05, 0) is 35.4 Å². The first-order chi connectivity index (χ1) is 9.11. The average Bonchev–Trinajstić information content (AvgIpc) is 2.31. The van der Waals surface area contributed by atoms with E-state index >= 15 is 0 Å². The quantitative estimate of drug-likeness (QED) is 0.596. The highest BCUT2D eigenvalue weighted by Gasteiger charge is 2.35. The molecule has 0 atom stereocenters. The molecule has 0 radical (unpaired) electrons. The van der Waals surface area contributed by atoms with Crippen molar-refractivity contribution < 1.29 is 23.4 Å². The van der Waals surface area contributed by atoms with Crippen LogP contribution in [0.1, 0.15) is 17.5 Å². The number of phenolic OH excluding ortho intramolecular Hbond substituents is 1. The van der Waals surface area contributed by atoms with Gasteiger partial charge in [0.15, 0.2) is 0 Å². The number of allylic oxidation sites excluding steroid dienone is 2. The van der Waals surface area contributed by atoms with Crippen LogP contribution >= 0.6 is 0 Å². The Labute approximate surface area is 112 Å². The van der Waals surface area contributed by atoms with Gasteiger partial charge in [0.05, 0.1) is 5.56 Å². The summed E-state index contributed by atoms with van der Waals surface area (Å²) in [6.45, 7) is 0. The predicted molar refractivity (Wildman–Crippen MR) is 67.5 cm³/mol. The van der Waals surface area contributed by atoms with E-state index in [0.29, 0.717) is 0 Å². The van der Waals surface area contributed by atoms with Crippen molar-refractivity contribution in [1.82, 2.24) is 0 Å². The lowest BCUT2D eigenvalue weighted by Crippen LogP contribution is -2.51. The predicted octanol–water partition coefficient (Wildman–Crippen LogP) is 2.25. The molecule has 108 valence electrons. The van der Waals surface area contributed by atoms with Gasteiger partial charge in [0.25, 0.3) is 0 Å². The monoisotopic (exact) mass is 286 g/mol. The van der Waals surface area contributed by atoms with Gasteiger partial charge in [0.1, 0.15) is 17.2 Å². The Bertz CT molecular complexity index is 604. The van der Waals surface area contributed by atoms with E-state index in [9.17, 15) is 23.4 Å². The van der Waals surface area contributed by atoms with E-state index in [-0.39, 0.29) is 23.3 Å². The average molecular weight is 286 g/mol. The molecule has 0 heterocycles. The first kappa shape index (κ1) is 14.4. The summed E-state index contributed by atoms with van der Waals surface area (Å²) in [5, 5.41) is 19.0. The van der Waals surface area contributed by atoms with Crippen molar-refractivity contribution in [3.05, 3.63) is 47.2 Å². The van der Waals surface area contributed by atoms with E-state index < -0.39 is 23.2 Å². The van der Waals surface area contributed by atoms with Gasteiger partial charge in [-0.2, -0.15) is 13.2 Å². The summed E-state index contributed by atoms with van der Waals surface area (Å²) >= 11 is 0. The van der Waals surface area contributed by atoms with Crippen LogP contribution < -0.4 is 11.5 Å². The van der Waals surface area contributed by atoms with Gasteiger partial charge < -0.3 is 21.7 Å². The number of hydrogen-bond donors (Lipinski definition) is 4. The number of nitrogens with two attached hydrogens (primary N) is 2. The molecule has 4 nitrogen and oxygen atoms in total. The number of rotatable bonds is 1. The molecular formula is C13H13F3N2O2. The van der Waals surface area contributed by atoms with Gasteiger partial charge >= 0.3 is 6.18 Å². The Kier molecular flexibility index (Phi) is 3.27. The van der Waals surface area contributed by atoms with Crippen LogP contribution in [0.3, 0.4) is 0 Å². The highest BCUT2D eigenvalue weighted by Crippen LogP contribution is 2.38. The summed E-state index contributed by atoms with van der Waals surface area (Å²) < 4.78 is 38.8. The molecule has 0 spiro atoms. The van der Waals surface area contributed by atoms with Crippen molar-refractivity contribution in [2.45, 2.75) is 18.3 Å². The first-order valence-corrected chi connectivity index (χ1v) is 5.71. The molecule has 0 saturated carbocycles. The maximum Gasteiger partial charge on any atom is 0.417 e. The number of benzene rings is 1. The molecule has 0 fully saturated rings. The van der Waals surface area contributed by atoms with E-state index in [1.807, 2.05) is 0 Å². The van der Waals surface area contributed by atoms with E-state index in [1.165, 1.54) is 6.08 Å². The molecule has 0 amide bonds. The fraction of sp³-hybridized carbons (Fsp3) is 0.231. The molecule has 1 aromatic rings. The Morgan fingerprint density at radius 1 is 1.15 bits per heavy atom. The minimum atomic E-state index is -4.58. The van der Waals surface area contributed by atoms with Crippen LogP contribution in [0, 0.1) is 0 Å². The second-order valence-corrected chi connectivity index (χ2v) is 4.66. The van der Waals surface area contributed by atoms with Gasteiger partial charge in [0, 0.05) is 6.42 Å². The number of phenols is 1. The van der Waals surface area contributed by atoms with Crippen molar-refractivity contribution in [2.75, 3.05) is 0 Å². The lowest BCUT2D eigenvalue weighted by Gasteiger charge is -2.27. The van der Waals surface area contributed by atoms with Crippen LogP contribution in [0.25, 0.3) is 5.57 Å². The topological polar surface area (TPSA) is 92.5 Å². The van der Waals surface area contributed by atoms with E-state index in [1.54, 1.807) is 0 Å². The third-order valence-electron chi connectivity index (χ3n) is 3.05. The molecule has 1 aliphatic carbocycles. The highest BCUT2D eigenvalue weighted by atomic mass is 19.4. The zero-order chi connectivity index (χ0) is 15.1. The fourth-order valence-electron chi connectivity index (χ4n) is 1.93. The van der Waals surface area contributed by atoms with Crippen LogP contribution in [0.2, 0.25) is 0 Å². The smallest absolute Gasteiger partial charge is 0.417 e. The molecule has 7 heteroatoms. The number of halogens is 3. The maximum absolute atomic E-state index is 12.9. The van der Waals surface area contributed by atoms with Gasteiger partial charge in [-0.25, -0.2) is 0 Å². The molecule has 6 N–H and O–H groups in total. The van der Waals surface area contributed by atoms with Crippen LogP contribution in [0.5, 0.6) is 5.75 Å². The second-order valence-electron chi connectivity index (χ2n) is 4.66. The molecule has 1 aliphatic rings. The third kappa shape index (κ3) is 2.63. The Morgan fingerprint density at radius 3 is 2.35 bits per heavy atom. The third-order valence-corrected chi connectivity index (χ3v) is 3.05. The number of aliphatic hydroxyl groups excluding tert-OH is 1. The molecule has 0 saturated heterocycles. The standard InChI is InChI=1S/C13H13F3N2O2/c14-13(15,16)10-2-1-8(19)6-9(10)7-3-4-12(17,18)11(20)5-7/h1-3,5-6,19-20H,4,17-18H2. The number of alkyl halides is 3. The Hall–Kier alpha value is -1.99. The van der Waals surface area contributed by atoms with Crippen molar-refractivity contribution >= 4 is 5.57 Å². The molecular weight excluding hydrogens is 273 g/mol. The van der Waals surface area contributed by atoms with Crippen molar-refractivity contribution in [2.24, 2.45) is 11.5 Å². The normalized spacial score (nSPS) is 18.4. The van der Waals surface area contributed by atoms with Crippen LogP contribution in [0.15, 0.2) is 36.1 Å². The van der Waals surface area contributed by atoms with E-state index in [4.69, 9.17) is 11.5 Å². The van der Waals surface area contributed by atoms with E-state index in [2.05, 4.69) is 0 Å². The summed E-state index contributed by atoms with van der Waals surface area (Å²) in [4.78, 5) is 0. The van der Waals surface area contributed by atoms with Crippen molar-refractivity contribution in [3.63, 3.8) is 0 Å². The molecule has 1 aromatic carbocycles.